The molecule has 0 saturated carbocycles. The van der Waals surface area contributed by atoms with Crippen molar-refractivity contribution in [1.29, 1.82) is 0 Å². The standard InChI is InChI=1S/C24H31FN6O/c25-10-1-2-11-27-23-22-20(28-24(26)29-23)9-14-31(21(22)17-32)16-19-7-5-18(6-8-19)15-30-12-3-4-13-30/h5-9,14,17,21H,1-4,10-13,15-16H2,(H3,26,27,28,29). The summed E-state index contributed by atoms with van der Waals surface area (Å²) in [6.07, 6.45) is 8.39. The number of unbranched alkanes of at least 4 members (excludes halogenated alkanes) is 1. The first kappa shape index (κ1) is 22.2. The molecule has 8 heteroatoms. The van der Waals surface area contributed by atoms with Gasteiger partial charge in [0.1, 0.15) is 18.1 Å². The van der Waals surface area contributed by atoms with Gasteiger partial charge in [-0.05, 0) is 56.0 Å². The van der Waals surface area contributed by atoms with Crippen LogP contribution in [0, 0.1) is 0 Å². The number of carbonyl (C=O) groups is 1. The fourth-order valence-corrected chi connectivity index (χ4v) is 4.37. The summed E-state index contributed by atoms with van der Waals surface area (Å²) in [5.74, 6) is 0.687. The van der Waals surface area contributed by atoms with Crippen LogP contribution in [0.15, 0.2) is 30.5 Å². The quantitative estimate of drug-likeness (QED) is 0.433. The lowest BCUT2D eigenvalue weighted by atomic mass is 10.0. The number of alkyl halides is 1. The number of hydrogen-bond acceptors (Lipinski definition) is 7. The highest BCUT2D eigenvalue weighted by molar-refractivity contribution is 5.74. The maximum Gasteiger partial charge on any atom is 0.222 e. The average molecular weight is 439 g/mol. The third-order valence-electron chi connectivity index (χ3n) is 6.04. The fraction of sp³-hybridized carbons (Fsp3) is 0.458. The highest BCUT2D eigenvalue weighted by Gasteiger charge is 2.28. The minimum Gasteiger partial charge on any atom is -0.370 e. The molecule has 2 aliphatic heterocycles. The zero-order chi connectivity index (χ0) is 22.3. The first-order valence-electron chi connectivity index (χ1n) is 11.3. The summed E-state index contributed by atoms with van der Waals surface area (Å²) in [6, 6.07) is 8.08. The van der Waals surface area contributed by atoms with Gasteiger partial charge in [0.25, 0.3) is 0 Å². The topological polar surface area (TPSA) is 87.4 Å². The Morgan fingerprint density at radius 3 is 2.50 bits per heavy atom. The Morgan fingerprint density at radius 1 is 1.09 bits per heavy atom. The van der Waals surface area contributed by atoms with Crippen molar-refractivity contribution in [2.24, 2.45) is 0 Å². The third kappa shape index (κ3) is 5.24. The number of carbonyl (C=O) groups excluding carboxylic acids is 1. The molecule has 0 bridgehead atoms. The number of aldehydes is 1. The molecule has 3 heterocycles. The molecule has 1 saturated heterocycles. The molecule has 0 amide bonds. The van der Waals surface area contributed by atoms with Crippen molar-refractivity contribution in [3.63, 3.8) is 0 Å². The van der Waals surface area contributed by atoms with E-state index in [4.69, 9.17) is 5.73 Å². The molecular weight excluding hydrogens is 407 g/mol. The van der Waals surface area contributed by atoms with E-state index in [1.165, 1.54) is 31.5 Å². The van der Waals surface area contributed by atoms with E-state index in [-0.39, 0.29) is 12.6 Å². The predicted molar refractivity (Wildman–Crippen MR) is 124 cm³/mol. The van der Waals surface area contributed by atoms with Crippen molar-refractivity contribution in [3.05, 3.63) is 52.8 Å². The molecule has 4 rings (SSSR count). The van der Waals surface area contributed by atoms with Crippen LogP contribution in [0.25, 0.3) is 6.08 Å². The zero-order valence-electron chi connectivity index (χ0n) is 18.3. The summed E-state index contributed by atoms with van der Waals surface area (Å²) in [7, 11) is 0. The first-order chi connectivity index (χ1) is 15.7. The van der Waals surface area contributed by atoms with Crippen LogP contribution in [0.2, 0.25) is 0 Å². The molecule has 0 spiro atoms. The van der Waals surface area contributed by atoms with Crippen molar-refractivity contribution in [2.75, 3.05) is 37.4 Å². The van der Waals surface area contributed by atoms with Crippen LogP contribution in [-0.2, 0) is 17.9 Å². The summed E-state index contributed by atoms with van der Waals surface area (Å²) in [5.41, 5.74) is 9.66. The van der Waals surface area contributed by atoms with Gasteiger partial charge in [-0.1, -0.05) is 24.3 Å². The van der Waals surface area contributed by atoms with Crippen molar-refractivity contribution in [3.8, 4) is 0 Å². The number of benzene rings is 1. The number of rotatable bonds is 10. The lowest BCUT2D eigenvalue weighted by Gasteiger charge is -2.32. The van der Waals surface area contributed by atoms with Gasteiger partial charge in [0.05, 0.1) is 17.9 Å². The number of hydrogen-bond donors (Lipinski definition) is 2. The summed E-state index contributed by atoms with van der Waals surface area (Å²) < 4.78 is 12.4. The average Bonchev–Trinajstić information content (AvgIpc) is 3.31. The molecule has 2 aliphatic rings. The van der Waals surface area contributed by atoms with E-state index in [1.54, 1.807) is 0 Å². The Morgan fingerprint density at radius 2 is 1.81 bits per heavy atom. The second-order valence-electron chi connectivity index (χ2n) is 8.42. The monoisotopic (exact) mass is 438 g/mol. The predicted octanol–water partition coefficient (Wildman–Crippen LogP) is 3.54. The number of fused-ring (bicyclic) bond motifs is 1. The van der Waals surface area contributed by atoms with Crippen molar-refractivity contribution >= 4 is 24.1 Å². The number of nitrogens with one attached hydrogen (secondary N) is 1. The summed E-state index contributed by atoms with van der Waals surface area (Å²) in [4.78, 5) is 25.2. The van der Waals surface area contributed by atoms with Gasteiger partial charge in [-0.25, -0.2) is 4.98 Å². The van der Waals surface area contributed by atoms with Gasteiger partial charge in [0.2, 0.25) is 5.95 Å². The van der Waals surface area contributed by atoms with Crippen LogP contribution in [0.3, 0.4) is 0 Å². The number of halogens is 1. The maximum absolute atomic E-state index is 12.4. The molecular formula is C24H31FN6O. The molecule has 1 atom stereocenters. The Bertz CT molecular complexity index is 942. The van der Waals surface area contributed by atoms with E-state index in [0.29, 0.717) is 43.0 Å². The summed E-state index contributed by atoms with van der Waals surface area (Å²) in [6.45, 7) is 4.14. The Balaban J connectivity index is 1.48. The van der Waals surface area contributed by atoms with E-state index in [1.807, 2.05) is 17.2 Å². The zero-order valence-corrected chi connectivity index (χ0v) is 18.3. The summed E-state index contributed by atoms with van der Waals surface area (Å²) in [5, 5.41) is 3.22. The fourth-order valence-electron chi connectivity index (χ4n) is 4.37. The van der Waals surface area contributed by atoms with E-state index >= 15 is 0 Å². The van der Waals surface area contributed by atoms with Crippen molar-refractivity contribution in [2.45, 2.75) is 44.8 Å². The van der Waals surface area contributed by atoms with E-state index in [0.717, 1.165) is 18.4 Å². The minimum atomic E-state index is -0.524. The van der Waals surface area contributed by atoms with Crippen LogP contribution >= 0.6 is 0 Å². The molecule has 170 valence electrons. The first-order valence-corrected chi connectivity index (χ1v) is 11.3. The number of anilines is 2. The minimum absolute atomic E-state index is 0.146. The smallest absolute Gasteiger partial charge is 0.222 e. The highest BCUT2D eigenvalue weighted by atomic mass is 19.1. The Hall–Kier alpha value is -3.00. The van der Waals surface area contributed by atoms with Crippen LogP contribution in [0.4, 0.5) is 16.2 Å². The van der Waals surface area contributed by atoms with Crippen LogP contribution in [-0.4, -0.2) is 52.4 Å². The molecule has 32 heavy (non-hydrogen) atoms. The molecule has 3 N–H and O–H groups in total. The number of nitrogens with two attached hydrogens (primary N) is 1. The van der Waals surface area contributed by atoms with Gasteiger partial charge >= 0.3 is 0 Å². The number of nitrogen functional groups attached to an aromatic ring is 1. The largest absolute Gasteiger partial charge is 0.370 e. The molecule has 0 radical (unpaired) electrons. The molecule has 0 aliphatic carbocycles. The number of nitrogens with zero attached hydrogens (tertiary/aromatic N) is 4. The third-order valence-corrected chi connectivity index (χ3v) is 6.04. The van der Waals surface area contributed by atoms with Gasteiger partial charge in [-0.15, -0.1) is 0 Å². The molecule has 1 aromatic heterocycles. The Labute approximate surface area is 188 Å². The van der Waals surface area contributed by atoms with Crippen LogP contribution in [0.1, 0.15) is 54.1 Å². The van der Waals surface area contributed by atoms with E-state index in [9.17, 15) is 9.18 Å². The van der Waals surface area contributed by atoms with Crippen molar-refractivity contribution < 1.29 is 9.18 Å². The second-order valence-corrected chi connectivity index (χ2v) is 8.42. The molecule has 7 nitrogen and oxygen atoms in total. The van der Waals surface area contributed by atoms with Gasteiger partial charge in [0, 0.05) is 25.8 Å². The molecule has 1 unspecified atom stereocenters. The normalized spacial score (nSPS) is 18.0. The second kappa shape index (κ2) is 10.5. The van der Waals surface area contributed by atoms with Crippen LogP contribution in [0.5, 0.6) is 0 Å². The lowest BCUT2D eigenvalue weighted by molar-refractivity contribution is -0.112. The maximum atomic E-state index is 12.4. The molecule has 2 aromatic rings. The molecule has 1 fully saturated rings. The van der Waals surface area contributed by atoms with Gasteiger partial charge < -0.3 is 20.7 Å². The SMILES string of the molecule is Nc1nc2c(c(NCCCCF)n1)C(C=O)N(Cc1ccc(CN3CCCC3)cc1)C=C2. The number of aromatic nitrogens is 2. The van der Waals surface area contributed by atoms with Crippen LogP contribution < -0.4 is 11.1 Å². The van der Waals surface area contributed by atoms with Gasteiger partial charge in [-0.2, -0.15) is 4.98 Å². The van der Waals surface area contributed by atoms with Crippen molar-refractivity contribution in [1.82, 2.24) is 19.8 Å². The van der Waals surface area contributed by atoms with Gasteiger partial charge in [0.15, 0.2) is 0 Å². The highest BCUT2D eigenvalue weighted by Crippen LogP contribution is 2.34. The molecule has 1 aromatic carbocycles. The Kier molecular flexibility index (Phi) is 7.32. The number of likely N-dealkylation sites (tertiary alicyclic amines) is 1. The van der Waals surface area contributed by atoms with E-state index < -0.39 is 6.04 Å². The van der Waals surface area contributed by atoms with Gasteiger partial charge in [-0.3, -0.25) is 9.29 Å². The lowest BCUT2D eigenvalue weighted by Crippen LogP contribution is -2.29. The summed E-state index contributed by atoms with van der Waals surface area (Å²) >= 11 is 0. The van der Waals surface area contributed by atoms with E-state index in [2.05, 4.69) is 44.5 Å².